The number of primary amides is 1. The fourth-order valence-corrected chi connectivity index (χ4v) is 3.86. The summed E-state index contributed by atoms with van der Waals surface area (Å²) >= 11 is 0. The monoisotopic (exact) mass is 538 g/mol. The number of methoxy groups -OCH3 is 1. The molecule has 11 heteroatoms. The van der Waals surface area contributed by atoms with E-state index in [1.807, 2.05) is 6.92 Å². The molecule has 0 radical (unpaired) electrons. The molecule has 8 nitrogen and oxygen atoms in total. The first-order valence-corrected chi connectivity index (χ1v) is 12.3. The normalized spacial score (nSPS) is 12.7. The summed E-state index contributed by atoms with van der Waals surface area (Å²) in [5, 5.41) is 0. The van der Waals surface area contributed by atoms with Crippen molar-refractivity contribution in [3.8, 4) is 16.9 Å². The number of aromatic nitrogens is 3. The molecule has 0 fully saturated rings. The van der Waals surface area contributed by atoms with Gasteiger partial charge < -0.3 is 24.9 Å². The molecular weight excluding hydrogens is 501 g/mol. The van der Waals surface area contributed by atoms with Crippen LogP contribution in [-0.4, -0.2) is 40.4 Å². The number of amides is 1. The Kier molecular flexibility index (Phi) is 10.5. The highest BCUT2D eigenvalue weighted by Crippen LogP contribution is 2.40. The highest BCUT2D eigenvalue weighted by molar-refractivity contribution is 5.90. The average Bonchev–Trinajstić information content (AvgIpc) is 3.18. The number of carbonyl (C=O) groups excluding carboxylic acids is 1. The van der Waals surface area contributed by atoms with Crippen LogP contribution >= 0.6 is 0 Å². The van der Waals surface area contributed by atoms with Gasteiger partial charge in [0.25, 0.3) is 0 Å². The number of nitrogens with two attached hydrogens (primary N) is 1. The maximum atomic E-state index is 13.8. The van der Waals surface area contributed by atoms with Crippen molar-refractivity contribution in [1.82, 2.24) is 15.0 Å². The van der Waals surface area contributed by atoms with Gasteiger partial charge in [-0.25, -0.2) is 14.8 Å². The summed E-state index contributed by atoms with van der Waals surface area (Å²) in [6, 6.07) is 5.80. The Hall–Kier alpha value is -3.34. The molecule has 0 saturated heterocycles. The van der Waals surface area contributed by atoms with Crippen LogP contribution in [0.1, 0.15) is 59.4 Å². The summed E-state index contributed by atoms with van der Waals surface area (Å²) in [5.74, 6) is 1.02. The predicted octanol–water partition coefficient (Wildman–Crippen LogP) is 6.73. The van der Waals surface area contributed by atoms with E-state index in [9.17, 15) is 18.0 Å². The van der Waals surface area contributed by atoms with Crippen LogP contribution in [0.2, 0.25) is 0 Å². The smallest absolute Gasteiger partial charge is 0.419 e. The summed E-state index contributed by atoms with van der Waals surface area (Å²) < 4.78 is 56.5. The van der Waals surface area contributed by atoms with Crippen molar-refractivity contribution in [3.05, 3.63) is 41.9 Å². The van der Waals surface area contributed by atoms with E-state index in [1.165, 1.54) is 19.4 Å². The molecule has 0 aliphatic carbocycles. The Morgan fingerprint density at radius 3 is 2.34 bits per heavy atom. The van der Waals surface area contributed by atoms with Crippen molar-refractivity contribution in [3.63, 3.8) is 0 Å². The summed E-state index contributed by atoms with van der Waals surface area (Å²) in [6.45, 7) is 11.9. The molecule has 0 aliphatic rings. The number of hydrogen-bond donors (Lipinski definition) is 2. The molecule has 0 spiro atoms. The molecule has 3 aromatic rings. The van der Waals surface area contributed by atoms with Gasteiger partial charge in [-0.3, -0.25) is 0 Å². The van der Waals surface area contributed by atoms with E-state index in [-0.39, 0.29) is 24.9 Å². The Morgan fingerprint density at radius 1 is 1.13 bits per heavy atom. The lowest BCUT2D eigenvalue weighted by Crippen LogP contribution is -2.27. The first-order chi connectivity index (χ1) is 17.6. The molecule has 1 aromatic carbocycles. The largest absolute Gasteiger partial charge is 0.493 e. The zero-order valence-electron chi connectivity index (χ0n) is 22.9. The molecule has 38 heavy (non-hydrogen) atoms. The van der Waals surface area contributed by atoms with Gasteiger partial charge >= 0.3 is 12.3 Å². The fourth-order valence-electron chi connectivity index (χ4n) is 3.86. The van der Waals surface area contributed by atoms with Crippen molar-refractivity contribution in [2.24, 2.45) is 17.6 Å². The number of rotatable bonds is 8. The number of benzene rings is 1. The molecule has 0 aliphatic heterocycles. The number of halogens is 3. The van der Waals surface area contributed by atoms with Crippen LogP contribution in [0.15, 0.2) is 30.5 Å². The van der Waals surface area contributed by atoms with Gasteiger partial charge in [-0.05, 0) is 62.8 Å². The van der Waals surface area contributed by atoms with Crippen LogP contribution in [0.5, 0.6) is 5.75 Å². The van der Waals surface area contributed by atoms with E-state index in [0.29, 0.717) is 34.0 Å². The van der Waals surface area contributed by atoms with Gasteiger partial charge in [-0.1, -0.05) is 26.8 Å². The molecular formula is C27H37F3N4O4. The van der Waals surface area contributed by atoms with E-state index in [2.05, 4.69) is 33.5 Å². The molecule has 0 saturated carbocycles. The van der Waals surface area contributed by atoms with Gasteiger partial charge in [0.1, 0.15) is 23.8 Å². The minimum Gasteiger partial charge on any atom is -0.493 e. The number of H-pyrrole nitrogens is 1. The van der Waals surface area contributed by atoms with Crippen LogP contribution in [0.3, 0.4) is 0 Å². The standard InChI is InChI=1S/C22H26F3N3O2.C5H11NO2/c1-13(2)9-14(3)11-30-18-6-5-15(10-17(18)22(23,24)25)16-7-8-26-21-20(16)27-19(28-21)12-29-4;1-5(2,3)8-4(6)7/h5-8,10,13-14H,9,11-12H2,1-4H3,(H,26,27,28);1-3H3,(H2,6,7). The number of hydrogen-bond acceptors (Lipinski definition) is 6. The number of imidazole rings is 1. The van der Waals surface area contributed by atoms with Gasteiger partial charge in [0.05, 0.1) is 17.7 Å². The van der Waals surface area contributed by atoms with Gasteiger partial charge in [0, 0.05) is 18.9 Å². The van der Waals surface area contributed by atoms with Gasteiger partial charge in [-0.2, -0.15) is 13.2 Å². The van der Waals surface area contributed by atoms with Crippen LogP contribution in [0.25, 0.3) is 22.3 Å². The van der Waals surface area contributed by atoms with E-state index in [1.54, 1.807) is 32.9 Å². The second-order valence-electron chi connectivity index (χ2n) is 10.5. The summed E-state index contributed by atoms with van der Waals surface area (Å²) in [7, 11) is 1.54. The Labute approximate surface area is 221 Å². The maximum Gasteiger partial charge on any atom is 0.419 e. The SMILES string of the molecule is CC(C)(C)OC(N)=O.COCc1nc2nccc(-c3ccc(OCC(C)CC(C)C)c(C(F)(F)F)c3)c2[nH]1. The second kappa shape index (κ2) is 12.9. The second-order valence-corrected chi connectivity index (χ2v) is 10.5. The lowest BCUT2D eigenvalue weighted by atomic mass is 9.99. The topological polar surface area (TPSA) is 112 Å². The highest BCUT2D eigenvalue weighted by atomic mass is 19.4. The minimum absolute atomic E-state index is 0.156. The number of pyridine rings is 1. The van der Waals surface area contributed by atoms with Crippen molar-refractivity contribution in [1.29, 1.82) is 0 Å². The number of alkyl halides is 3. The number of nitrogens with zero attached hydrogens (tertiary/aromatic N) is 2. The van der Waals surface area contributed by atoms with Crippen LogP contribution < -0.4 is 10.5 Å². The zero-order valence-corrected chi connectivity index (χ0v) is 22.9. The lowest BCUT2D eigenvalue weighted by molar-refractivity contribution is -0.139. The average molecular weight is 539 g/mol. The van der Waals surface area contributed by atoms with E-state index in [4.69, 9.17) is 15.2 Å². The van der Waals surface area contributed by atoms with Crippen LogP contribution in [-0.2, 0) is 22.3 Å². The molecule has 0 bridgehead atoms. The molecule has 1 amide bonds. The van der Waals surface area contributed by atoms with Crippen molar-refractivity contribution < 1.29 is 32.2 Å². The molecule has 2 aromatic heterocycles. The van der Waals surface area contributed by atoms with E-state index in [0.717, 1.165) is 12.5 Å². The van der Waals surface area contributed by atoms with Gasteiger partial charge in [0.15, 0.2) is 5.65 Å². The van der Waals surface area contributed by atoms with Crippen molar-refractivity contribution in [2.45, 2.75) is 66.3 Å². The molecule has 1 unspecified atom stereocenters. The van der Waals surface area contributed by atoms with E-state index < -0.39 is 23.4 Å². The molecule has 210 valence electrons. The number of aromatic amines is 1. The summed E-state index contributed by atoms with van der Waals surface area (Å²) in [4.78, 5) is 21.6. The molecule has 1 atom stereocenters. The third kappa shape index (κ3) is 9.51. The van der Waals surface area contributed by atoms with Crippen LogP contribution in [0.4, 0.5) is 18.0 Å². The third-order valence-corrected chi connectivity index (χ3v) is 5.12. The number of fused-ring (bicyclic) bond motifs is 1. The number of carbonyl (C=O) groups is 1. The van der Waals surface area contributed by atoms with Crippen molar-refractivity contribution in [2.75, 3.05) is 13.7 Å². The molecule has 2 heterocycles. The zero-order chi connectivity index (χ0) is 28.7. The quantitative estimate of drug-likeness (QED) is 0.329. The van der Waals surface area contributed by atoms with Gasteiger partial charge in [0.2, 0.25) is 0 Å². The first kappa shape index (κ1) is 30.9. The predicted molar refractivity (Wildman–Crippen MR) is 140 cm³/mol. The van der Waals surface area contributed by atoms with Gasteiger partial charge in [-0.15, -0.1) is 0 Å². The Bertz CT molecular complexity index is 1200. The van der Waals surface area contributed by atoms with E-state index >= 15 is 0 Å². The summed E-state index contributed by atoms with van der Waals surface area (Å²) in [6.07, 6.45) is -2.84. The third-order valence-electron chi connectivity index (χ3n) is 5.12. The minimum atomic E-state index is -4.53. The fraction of sp³-hybridized carbons (Fsp3) is 0.519. The van der Waals surface area contributed by atoms with Crippen molar-refractivity contribution >= 4 is 17.3 Å². The lowest BCUT2D eigenvalue weighted by Gasteiger charge is -2.19. The number of nitrogens with one attached hydrogen (secondary N) is 1. The Morgan fingerprint density at radius 2 is 1.82 bits per heavy atom. The van der Waals surface area contributed by atoms with Crippen LogP contribution in [0, 0.1) is 11.8 Å². The molecule has 3 rings (SSSR count). The highest BCUT2D eigenvalue weighted by Gasteiger charge is 2.35. The maximum absolute atomic E-state index is 13.8. The summed E-state index contributed by atoms with van der Waals surface area (Å²) in [5.41, 5.74) is 5.46. The first-order valence-electron chi connectivity index (χ1n) is 12.3. The Balaban J connectivity index is 0.000000550. The number of ether oxygens (including phenoxy) is 3. The molecule has 3 N–H and O–H groups in total.